The van der Waals surface area contributed by atoms with Gasteiger partial charge in [-0.25, -0.2) is 4.68 Å². The predicted octanol–water partition coefficient (Wildman–Crippen LogP) is 3.59. The van der Waals surface area contributed by atoms with Crippen LogP contribution in [-0.2, 0) is 15.0 Å². The summed E-state index contributed by atoms with van der Waals surface area (Å²) >= 11 is 5.66. The number of alkyl halides is 1. The van der Waals surface area contributed by atoms with Gasteiger partial charge in [-0.2, -0.15) is 5.10 Å². The van der Waals surface area contributed by atoms with Gasteiger partial charge in [0.05, 0.1) is 25.0 Å². The zero-order valence-electron chi connectivity index (χ0n) is 17.7. The molecule has 0 aliphatic carbocycles. The Bertz CT molecular complexity index is 841. The zero-order chi connectivity index (χ0) is 21.6. The second-order valence-electron chi connectivity index (χ2n) is 7.77. The number of hydrogen-bond donors (Lipinski definition) is 1. The van der Waals surface area contributed by atoms with Crippen molar-refractivity contribution in [2.45, 2.75) is 39.5 Å². The van der Waals surface area contributed by atoms with Gasteiger partial charge in [0, 0.05) is 18.0 Å². The molecule has 0 fully saturated rings. The minimum atomic E-state index is -0.299. The van der Waals surface area contributed by atoms with Gasteiger partial charge in [-0.15, -0.1) is 11.6 Å². The van der Waals surface area contributed by atoms with E-state index in [4.69, 9.17) is 16.3 Å². The molecule has 0 aliphatic rings. The molecule has 0 atom stereocenters. The SMILES string of the molecule is CCCN(CC(=O)Nc1cc(C(C)(C)C)nn1-c1ccc(OC)cc1)C(=O)CCl. The number of methoxy groups -OCH3 is 1. The van der Waals surface area contributed by atoms with Crippen LogP contribution in [0.3, 0.4) is 0 Å². The Morgan fingerprint density at radius 3 is 2.41 bits per heavy atom. The molecule has 1 heterocycles. The number of carbonyl (C=O) groups excluding carboxylic acids is 2. The van der Waals surface area contributed by atoms with Crippen LogP contribution in [0.2, 0.25) is 0 Å². The number of hydrogen-bond acceptors (Lipinski definition) is 4. The van der Waals surface area contributed by atoms with E-state index in [1.54, 1.807) is 11.8 Å². The largest absolute Gasteiger partial charge is 0.497 e. The fraction of sp³-hybridized carbons (Fsp3) is 0.476. The van der Waals surface area contributed by atoms with Gasteiger partial charge < -0.3 is 15.0 Å². The van der Waals surface area contributed by atoms with E-state index < -0.39 is 0 Å². The molecule has 1 aromatic heterocycles. The average Bonchev–Trinajstić information content (AvgIpc) is 3.11. The molecule has 0 saturated carbocycles. The summed E-state index contributed by atoms with van der Waals surface area (Å²) in [5.74, 6) is 0.567. The van der Waals surface area contributed by atoms with Crippen LogP contribution < -0.4 is 10.1 Å². The van der Waals surface area contributed by atoms with E-state index in [0.29, 0.717) is 12.4 Å². The molecule has 158 valence electrons. The number of halogens is 1. The highest BCUT2D eigenvalue weighted by atomic mass is 35.5. The van der Waals surface area contributed by atoms with Crippen LogP contribution >= 0.6 is 11.6 Å². The number of carbonyl (C=O) groups is 2. The van der Waals surface area contributed by atoms with Crippen molar-refractivity contribution in [3.8, 4) is 11.4 Å². The highest BCUT2D eigenvalue weighted by molar-refractivity contribution is 6.27. The lowest BCUT2D eigenvalue weighted by molar-refractivity contribution is -0.132. The normalized spacial score (nSPS) is 11.2. The number of amides is 2. The lowest BCUT2D eigenvalue weighted by Crippen LogP contribution is -2.39. The number of rotatable bonds is 8. The van der Waals surface area contributed by atoms with E-state index in [1.807, 2.05) is 37.3 Å². The Hall–Kier alpha value is -2.54. The summed E-state index contributed by atoms with van der Waals surface area (Å²) in [7, 11) is 1.61. The minimum Gasteiger partial charge on any atom is -0.497 e. The van der Waals surface area contributed by atoms with Crippen molar-refractivity contribution >= 4 is 29.2 Å². The lowest BCUT2D eigenvalue weighted by atomic mass is 9.92. The summed E-state index contributed by atoms with van der Waals surface area (Å²) < 4.78 is 6.90. The maximum atomic E-state index is 12.7. The van der Waals surface area contributed by atoms with Crippen LogP contribution in [0.4, 0.5) is 5.82 Å². The molecule has 2 aromatic rings. The van der Waals surface area contributed by atoms with Gasteiger partial charge in [-0.3, -0.25) is 9.59 Å². The third-order valence-electron chi connectivity index (χ3n) is 4.36. The number of nitrogens with one attached hydrogen (secondary N) is 1. The average molecular weight is 421 g/mol. The molecule has 0 spiro atoms. The number of ether oxygens (including phenoxy) is 1. The highest BCUT2D eigenvalue weighted by Crippen LogP contribution is 2.27. The molecule has 0 saturated heterocycles. The van der Waals surface area contributed by atoms with Crippen LogP contribution in [0, 0.1) is 0 Å². The van der Waals surface area contributed by atoms with E-state index in [-0.39, 0.29) is 29.7 Å². The van der Waals surface area contributed by atoms with Crippen LogP contribution in [0.25, 0.3) is 5.69 Å². The molecule has 2 amide bonds. The molecule has 1 aromatic carbocycles. The van der Waals surface area contributed by atoms with Crippen molar-refractivity contribution in [1.29, 1.82) is 0 Å². The molecule has 0 aliphatic heterocycles. The van der Waals surface area contributed by atoms with Crippen molar-refractivity contribution in [2.75, 3.05) is 31.4 Å². The maximum Gasteiger partial charge on any atom is 0.245 e. The smallest absolute Gasteiger partial charge is 0.245 e. The summed E-state index contributed by atoms with van der Waals surface area (Å²) in [6, 6.07) is 9.27. The van der Waals surface area contributed by atoms with Gasteiger partial charge in [-0.1, -0.05) is 27.7 Å². The summed E-state index contributed by atoms with van der Waals surface area (Å²) in [6.07, 6.45) is 0.744. The standard InChI is InChI=1S/C21H29ClN4O3/c1-6-11-25(20(28)13-22)14-19(27)23-18-12-17(21(2,3)4)24-26(18)15-7-9-16(29-5)10-8-15/h7-10,12H,6,11,13-14H2,1-5H3,(H,23,27). The van der Waals surface area contributed by atoms with E-state index in [9.17, 15) is 9.59 Å². The van der Waals surface area contributed by atoms with Crippen LogP contribution in [0.15, 0.2) is 30.3 Å². The van der Waals surface area contributed by atoms with E-state index in [2.05, 4.69) is 31.2 Å². The quantitative estimate of drug-likeness (QED) is 0.662. The van der Waals surface area contributed by atoms with Crippen molar-refractivity contribution < 1.29 is 14.3 Å². The van der Waals surface area contributed by atoms with Gasteiger partial charge in [0.1, 0.15) is 17.4 Å². The molecule has 2 rings (SSSR count). The molecule has 29 heavy (non-hydrogen) atoms. The number of benzene rings is 1. The van der Waals surface area contributed by atoms with Gasteiger partial charge in [0.25, 0.3) is 0 Å². The number of anilines is 1. The first-order chi connectivity index (χ1) is 13.7. The van der Waals surface area contributed by atoms with Crippen molar-refractivity contribution in [3.05, 3.63) is 36.0 Å². The van der Waals surface area contributed by atoms with E-state index >= 15 is 0 Å². The summed E-state index contributed by atoms with van der Waals surface area (Å²) in [4.78, 5) is 26.1. The Labute approximate surface area is 177 Å². The molecule has 0 bridgehead atoms. The lowest BCUT2D eigenvalue weighted by Gasteiger charge is -2.20. The van der Waals surface area contributed by atoms with Crippen LogP contribution in [0.1, 0.15) is 39.8 Å². The molecule has 7 nitrogen and oxygen atoms in total. The Balaban J connectivity index is 2.31. The third-order valence-corrected chi connectivity index (χ3v) is 4.59. The fourth-order valence-electron chi connectivity index (χ4n) is 2.76. The topological polar surface area (TPSA) is 76.5 Å². The Morgan fingerprint density at radius 2 is 1.90 bits per heavy atom. The van der Waals surface area contributed by atoms with E-state index in [0.717, 1.165) is 23.6 Å². The fourth-order valence-corrected chi connectivity index (χ4v) is 2.93. The summed E-state index contributed by atoms with van der Waals surface area (Å²) in [6.45, 7) is 8.53. The van der Waals surface area contributed by atoms with Crippen molar-refractivity contribution in [1.82, 2.24) is 14.7 Å². The van der Waals surface area contributed by atoms with Gasteiger partial charge in [0.2, 0.25) is 11.8 Å². The first-order valence-electron chi connectivity index (χ1n) is 9.58. The van der Waals surface area contributed by atoms with Crippen molar-refractivity contribution in [3.63, 3.8) is 0 Å². The summed E-state index contributed by atoms with van der Waals surface area (Å²) in [5, 5.41) is 7.58. The number of nitrogens with zero attached hydrogens (tertiary/aromatic N) is 3. The van der Waals surface area contributed by atoms with Gasteiger partial charge in [0.15, 0.2) is 0 Å². The minimum absolute atomic E-state index is 0.0575. The third kappa shape index (κ3) is 5.97. The maximum absolute atomic E-state index is 12.7. The number of aromatic nitrogens is 2. The predicted molar refractivity (Wildman–Crippen MR) is 115 cm³/mol. The molecular weight excluding hydrogens is 392 g/mol. The zero-order valence-corrected chi connectivity index (χ0v) is 18.4. The molecule has 0 unspecified atom stereocenters. The van der Waals surface area contributed by atoms with E-state index in [1.165, 1.54) is 4.90 Å². The molecule has 0 radical (unpaired) electrons. The van der Waals surface area contributed by atoms with Gasteiger partial charge in [-0.05, 0) is 30.7 Å². The highest BCUT2D eigenvalue weighted by Gasteiger charge is 2.22. The summed E-state index contributed by atoms with van der Waals surface area (Å²) in [5.41, 5.74) is 1.43. The van der Waals surface area contributed by atoms with Gasteiger partial charge >= 0.3 is 0 Å². The Morgan fingerprint density at radius 1 is 1.24 bits per heavy atom. The second-order valence-corrected chi connectivity index (χ2v) is 8.04. The van der Waals surface area contributed by atoms with Crippen LogP contribution in [0.5, 0.6) is 5.75 Å². The van der Waals surface area contributed by atoms with Crippen molar-refractivity contribution in [2.24, 2.45) is 0 Å². The molecule has 8 heteroatoms. The monoisotopic (exact) mass is 420 g/mol. The molecular formula is C21H29ClN4O3. The van der Waals surface area contributed by atoms with Crippen LogP contribution in [-0.4, -0.2) is 52.6 Å². The Kier molecular flexibility index (Phi) is 7.67. The second kappa shape index (κ2) is 9.78. The first-order valence-corrected chi connectivity index (χ1v) is 10.1. The first kappa shape index (κ1) is 22.7. The molecule has 1 N–H and O–H groups in total.